The molecule has 1 atom stereocenters. The Morgan fingerprint density at radius 1 is 0.952 bits per heavy atom. The Morgan fingerprint density at radius 3 is 2.05 bits per heavy atom. The minimum atomic E-state index is -0.0870. The summed E-state index contributed by atoms with van der Waals surface area (Å²) in [5.41, 5.74) is 2.09. The van der Waals surface area contributed by atoms with Crippen LogP contribution in [0.4, 0.5) is 0 Å². The topological polar surface area (TPSA) is 17.1 Å². The number of thioether (sulfide) groups is 1. The fourth-order valence-corrected chi connectivity index (χ4v) is 3.25. The van der Waals surface area contributed by atoms with Gasteiger partial charge in [0, 0.05) is 14.9 Å². The van der Waals surface area contributed by atoms with Gasteiger partial charge in [0.25, 0.3) is 0 Å². The van der Waals surface area contributed by atoms with Crippen LogP contribution in [0.1, 0.15) is 42.6 Å². The third-order valence-corrected chi connectivity index (χ3v) is 5.00. The minimum Gasteiger partial charge on any atom is -0.293 e. The lowest BCUT2D eigenvalue weighted by Gasteiger charge is -2.12. The lowest BCUT2D eigenvalue weighted by Crippen LogP contribution is -2.13. The maximum absolute atomic E-state index is 12.4. The van der Waals surface area contributed by atoms with Gasteiger partial charge in [-0.05, 0) is 42.7 Å². The van der Waals surface area contributed by atoms with E-state index in [2.05, 4.69) is 54.0 Å². The molecule has 1 nitrogen and oxygen atoms in total. The van der Waals surface area contributed by atoms with Gasteiger partial charge in [0.1, 0.15) is 0 Å². The van der Waals surface area contributed by atoms with E-state index in [0.29, 0.717) is 5.92 Å². The van der Waals surface area contributed by atoms with Crippen molar-refractivity contribution in [3.63, 3.8) is 0 Å². The first-order chi connectivity index (χ1) is 9.97. The van der Waals surface area contributed by atoms with E-state index in [4.69, 9.17) is 0 Å². The highest BCUT2D eigenvalue weighted by Crippen LogP contribution is 2.27. The van der Waals surface area contributed by atoms with Gasteiger partial charge in [0.2, 0.25) is 0 Å². The van der Waals surface area contributed by atoms with Crippen molar-refractivity contribution >= 4 is 33.5 Å². The first-order valence-electron chi connectivity index (χ1n) is 7.04. The number of benzene rings is 2. The van der Waals surface area contributed by atoms with Crippen LogP contribution in [0, 0.1) is 0 Å². The Morgan fingerprint density at radius 2 is 1.52 bits per heavy atom. The zero-order valence-electron chi connectivity index (χ0n) is 12.5. The minimum absolute atomic E-state index is 0.0870. The second kappa shape index (κ2) is 7.28. The van der Waals surface area contributed by atoms with Crippen molar-refractivity contribution in [1.29, 1.82) is 0 Å². The highest BCUT2D eigenvalue weighted by Gasteiger charge is 2.16. The van der Waals surface area contributed by atoms with Crippen molar-refractivity contribution < 1.29 is 4.79 Å². The molecule has 0 fully saturated rings. The Kier molecular flexibility index (Phi) is 5.65. The van der Waals surface area contributed by atoms with Gasteiger partial charge in [-0.15, -0.1) is 11.8 Å². The molecule has 0 heterocycles. The fraction of sp³-hybridized carbons (Fsp3) is 0.278. The summed E-state index contributed by atoms with van der Waals surface area (Å²) in [6.45, 7) is 6.33. The summed E-state index contributed by atoms with van der Waals surface area (Å²) < 4.78 is 0.989. The number of carbonyl (C=O) groups is 1. The van der Waals surface area contributed by atoms with E-state index in [1.165, 1.54) is 5.56 Å². The lowest BCUT2D eigenvalue weighted by atomic mass is 10.0. The molecule has 0 saturated heterocycles. The van der Waals surface area contributed by atoms with Crippen LogP contribution in [0.2, 0.25) is 0 Å². The number of hydrogen-bond donors (Lipinski definition) is 0. The molecule has 2 aromatic rings. The largest absolute Gasteiger partial charge is 0.293 e. The fourth-order valence-electron chi connectivity index (χ4n) is 2.04. The second-order valence-corrected chi connectivity index (χ2v) is 7.68. The Bertz CT molecular complexity index is 602. The molecule has 2 aromatic carbocycles. The van der Waals surface area contributed by atoms with Crippen molar-refractivity contribution in [3.8, 4) is 0 Å². The van der Waals surface area contributed by atoms with E-state index < -0.39 is 0 Å². The molecule has 1 unspecified atom stereocenters. The summed E-state index contributed by atoms with van der Waals surface area (Å²) in [5.74, 6) is 0.700. The summed E-state index contributed by atoms with van der Waals surface area (Å²) in [6.07, 6.45) is 0. The van der Waals surface area contributed by atoms with E-state index in [1.807, 2.05) is 31.2 Å². The molecule has 21 heavy (non-hydrogen) atoms. The van der Waals surface area contributed by atoms with Gasteiger partial charge in [0.15, 0.2) is 5.78 Å². The summed E-state index contributed by atoms with van der Waals surface area (Å²) in [4.78, 5) is 13.5. The summed E-state index contributed by atoms with van der Waals surface area (Å²) in [5, 5.41) is -0.0870. The van der Waals surface area contributed by atoms with Crippen molar-refractivity contribution in [1.82, 2.24) is 0 Å². The monoisotopic (exact) mass is 362 g/mol. The average molecular weight is 363 g/mol. The van der Waals surface area contributed by atoms with Gasteiger partial charge in [-0.2, -0.15) is 0 Å². The molecule has 0 spiro atoms. The highest BCUT2D eigenvalue weighted by atomic mass is 79.9. The standard InChI is InChI=1S/C18H19BrOS/c1-12(2)14-6-10-17(11-7-14)21-13(3)18(20)15-4-8-16(19)9-5-15/h4-13H,1-3H3. The van der Waals surface area contributed by atoms with Gasteiger partial charge >= 0.3 is 0 Å². The number of hydrogen-bond acceptors (Lipinski definition) is 2. The SMILES string of the molecule is CC(Sc1ccc(C(C)C)cc1)C(=O)c1ccc(Br)cc1. The predicted molar refractivity (Wildman–Crippen MR) is 94.3 cm³/mol. The average Bonchev–Trinajstić information content (AvgIpc) is 2.47. The number of ketones is 1. The Hall–Kier alpha value is -1.06. The zero-order valence-corrected chi connectivity index (χ0v) is 14.9. The molecular weight excluding hydrogens is 344 g/mol. The summed E-state index contributed by atoms with van der Waals surface area (Å²) in [6, 6.07) is 16.0. The van der Waals surface area contributed by atoms with Gasteiger partial charge in [-0.1, -0.05) is 54.0 Å². The first kappa shape index (κ1) is 16.3. The molecule has 0 aliphatic carbocycles. The molecule has 3 heteroatoms. The molecule has 0 saturated carbocycles. The second-order valence-electron chi connectivity index (χ2n) is 5.35. The van der Waals surface area contributed by atoms with Crippen LogP contribution in [0.5, 0.6) is 0 Å². The van der Waals surface area contributed by atoms with Crippen molar-refractivity contribution in [3.05, 3.63) is 64.1 Å². The zero-order chi connectivity index (χ0) is 15.4. The smallest absolute Gasteiger partial charge is 0.175 e. The van der Waals surface area contributed by atoms with Gasteiger partial charge in [-0.25, -0.2) is 0 Å². The van der Waals surface area contributed by atoms with Crippen LogP contribution in [-0.2, 0) is 0 Å². The predicted octanol–water partition coefficient (Wildman–Crippen LogP) is 5.94. The maximum atomic E-state index is 12.4. The first-order valence-corrected chi connectivity index (χ1v) is 8.71. The Balaban J connectivity index is 2.05. The van der Waals surface area contributed by atoms with Crippen LogP contribution < -0.4 is 0 Å². The molecular formula is C18H19BrOS. The third kappa shape index (κ3) is 4.45. The van der Waals surface area contributed by atoms with E-state index >= 15 is 0 Å². The van der Waals surface area contributed by atoms with E-state index in [-0.39, 0.29) is 11.0 Å². The number of Topliss-reactive ketones (excluding diaryl/α,β-unsaturated/α-hetero) is 1. The summed E-state index contributed by atoms with van der Waals surface area (Å²) >= 11 is 5.00. The van der Waals surface area contributed by atoms with Crippen LogP contribution in [0.15, 0.2) is 57.9 Å². The van der Waals surface area contributed by atoms with Crippen molar-refractivity contribution in [2.75, 3.05) is 0 Å². The molecule has 0 bridgehead atoms. The number of halogens is 1. The quantitative estimate of drug-likeness (QED) is 0.483. The third-order valence-electron chi connectivity index (χ3n) is 3.36. The van der Waals surface area contributed by atoms with Crippen LogP contribution in [0.25, 0.3) is 0 Å². The van der Waals surface area contributed by atoms with E-state index in [9.17, 15) is 4.79 Å². The molecule has 0 aliphatic rings. The lowest BCUT2D eigenvalue weighted by molar-refractivity contribution is 0.0994. The molecule has 110 valence electrons. The van der Waals surface area contributed by atoms with Crippen molar-refractivity contribution in [2.45, 2.75) is 36.8 Å². The Labute approximate surface area is 139 Å². The normalized spacial score (nSPS) is 12.4. The van der Waals surface area contributed by atoms with Gasteiger partial charge < -0.3 is 0 Å². The van der Waals surface area contributed by atoms with E-state index in [1.54, 1.807) is 11.8 Å². The molecule has 0 aromatic heterocycles. The van der Waals surface area contributed by atoms with E-state index in [0.717, 1.165) is 14.9 Å². The van der Waals surface area contributed by atoms with Gasteiger partial charge in [0.05, 0.1) is 5.25 Å². The summed E-state index contributed by atoms with van der Waals surface area (Å²) in [7, 11) is 0. The van der Waals surface area contributed by atoms with Crippen LogP contribution >= 0.6 is 27.7 Å². The number of carbonyl (C=O) groups excluding carboxylic acids is 1. The van der Waals surface area contributed by atoms with Crippen LogP contribution in [0.3, 0.4) is 0 Å². The van der Waals surface area contributed by atoms with Crippen LogP contribution in [-0.4, -0.2) is 11.0 Å². The number of rotatable bonds is 5. The van der Waals surface area contributed by atoms with Crippen molar-refractivity contribution in [2.24, 2.45) is 0 Å². The molecule has 0 aliphatic heterocycles. The molecule has 2 rings (SSSR count). The molecule has 0 radical (unpaired) electrons. The highest BCUT2D eigenvalue weighted by molar-refractivity contribution is 9.10. The van der Waals surface area contributed by atoms with Gasteiger partial charge in [-0.3, -0.25) is 4.79 Å². The molecule has 0 N–H and O–H groups in total. The molecule has 0 amide bonds. The maximum Gasteiger partial charge on any atom is 0.175 e.